The maximum Gasteiger partial charge on any atom is 0.325 e. The topological polar surface area (TPSA) is 78.1 Å². The van der Waals surface area contributed by atoms with E-state index in [1.54, 1.807) is 0 Å². The molecule has 0 saturated heterocycles. The number of aliphatic imine (C=N–C) groups is 1. The molecule has 2 rings (SSSR count). The molecule has 33 heavy (non-hydrogen) atoms. The van der Waals surface area contributed by atoms with E-state index in [4.69, 9.17) is 4.99 Å². The lowest BCUT2D eigenvalue weighted by atomic mass is 10.0. The molecular weight excluding hydrogens is 429 g/mol. The van der Waals surface area contributed by atoms with Gasteiger partial charge in [0.05, 0.1) is 17.1 Å². The molecule has 5 nitrogen and oxygen atoms in total. The molecule has 0 aliphatic rings. The number of nitrogens with one attached hydrogen (secondary N) is 2. The number of allylic oxidation sites excluding steroid dienone is 5. The van der Waals surface area contributed by atoms with Crippen molar-refractivity contribution in [1.29, 1.82) is 0 Å². The van der Waals surface area contributed by atoms with Crippen LogP contribution in [0.15, 0.2) is 80.5 Å². The third kappa shape index (κ3) is 11.1. The van der Waals surface area contributed by atoms with Gasteiger partial charge in [-0.3, -0.25) is 14.8 Å². The minimum absolute atomic E-state index is 0.0169. The number of hydrogen-bond acceptors (Lipinski definition) is 3. The van der Waals surface area contributed by atoms with E-state index in [0.717, 1.165) is 34.2 Å². The molecule has 0 spiro atoms. The molecule has 0 amide bonds. The summed E-state index contributed by atoms with van der Waals surface area (Å²) in [6, 6.07) is 10.1. The molecule has 2 aromatic rings. The molecule has 1 heterocycles. The monoisotopic (exact) mass is 469 g/mol. The van der Waals surface area contributed by atoms with Crippen LogP contribution >= 0.6 is 9.24 Å². The second-order valence-corrected chi connectivity index (χ2v) is 8.19. The lowest BCUT2D eigenvalue weighted by Crippen LogP contribution is -2.23. The van der Waals surface area contributed by atoms with Gasteiger partial charge in [-0.05, 0) is 63.8 Å². The summed E-state index contributed by atoms with van der Waals surface area (Å²) < 4.78 is 0. The molecule has 1 aromatic heterocycles. The summed E-state index contributed by atoms with van der Waals surface area (Å²) in [5.41, 5.74) is 5.50. The van der Waals surface area contributed by atoms with Crippen molar-refractivity contribution in [1.82, 2.24) is 9.97 Å². The van der Waals surface area contributed by atoms with Gasteiger partial charge in [-0.1, -0.05) is 71.5 Å². The van der Waals surface area contributed by atoms with E-state index >= 15 is 0 Å². The average molecular weight is 470 g/mol. The van der Waals surface area contributed by atoms with E-state index in [-0.39, 0.29) is 6.04 Å². The van der Waals surface area contributed by atoms with Crippen LogP contribution in [0.5, 0.6) is 0 Å². The van der Waals surface area contributed by atoms with Crippen molar-refractivity contribution < 1.29 is 0 Å². The zero-order valence-electron chi connectivity index (χ0n) is 21.4. The summed E-state index contributed by atoms with van der Waals surface area (Å²) in [6.07, 6.45) is 4.46. The number of aromatic nitrogens is 2. The van der Waals surface area contributed by atoms with Crippen LogP contribution in [0.4, 0.5) is 0 Å². The van der Waals surface area contributed by atoms with Gasteiger partial charge in [-0.25, -0.2) is 4.79 Å². The maximum absolute atomic E-state index is 12.0. The molecule has 0 aliphatic carbocycles. The van der Waals surface area contributed by atoms with Gasteiger partial charge in [-0.15, -0.1) is 6.58 Å². The minimum atomic E-state index is -0.515. The van der Waals surface area contributed by atoms with Crippen LogP contribution in [0.3, 0.4) is 0 Å². The number of benzene rings is 1. The Labute approximate surface area is 201 Å². The number of aromatic amines is 2. The highest BCUT2D eigenvalue weighted by atomic mass is 31.0. The van der Waals surface area contributed by atoms with E-state index in [9.17, 15) is 9.59 Å². The second-order valence-electron chi connectivity index (χ2n) is 7.64. The molecule has 2 atom stereocenters. The number of nitrogens with zero attached hydrogens (tertiary/aromatic N) is 1. The Morgan fingerprint density at radius 1 is 1.12 bits per heavy atom. The summed E-state index contributed by atoms with van der Waals surface area (Å²) in [4.78, 5) is 32.7. The summed E-state index contributed by atoms with van der Waals surface area (Å²) in [5, 5.41) is 0. The van der Waals surface area contributed by atoms with Crippen LogP contribution in [-0.2, 0) is 0 Å². The first kappa shape index (κ1) is 30.2. The van der Waals surface area contributed by atoms with Crippen molar-refractivity contribution >= 4 is 20.3 Å². The van der Waals surface area contributed by atoms with Gasteiger partial charge >= 0.3 is 5.69 Å². The average Bonchev–Trinajstić information content (AvgIpc) is 2.79. The fourth-order valence-electron chi connectivity index (χ4n) is 2.56. The summed E-state index contributed by atoms with van der Waals surface area (Å²) >= 11 is 0. The van der Waals surface area contributed by atoms with Crippen LogP contribution in [0.2, 0.25) is 0 Å². The Kier molecular flexibility index (Phi) is 14.6. The van der Waals surface area contributed by atoms with Crippen LogP contribution in [0, 0.1) is 0 Å². The first-order chi connectivity index (χ1) is 15.6. The summed E-state index contributed by atoms with van der Waals surface area (Å²) in [7, 11) is 2.69. The fraction of sp³-hybridized carbons (Fsp3) is 0.370. The van der Waals surface area contributed by atoms with Gasteiger partial charge in [0.1, 0.15) is 0 Å². The predicted octanol–water partition coefficient (Wildman–Crippen LogP) is 6.84. The zero-order chi connectivity index (χ0) is 25.6. The maximum atomic E-state index is 12.0. The first-order valence-electron chi connectivity index (χ1n) is 11.3. The molecule has 180 valence electrons. The van der Waals surface area contributed by atoms with Crippen LogP contribution in [-0.4, -0.2) is 15.4 Å². The molecule has 2 N–H and O–H groups in total. The van der Waals surface area contributed by atoms with Crippen molar-refractivity contribution in [3.63, 3.8) is 0 Å². The highest BCUT2D eigenvalue weighted by molar-refractivity contribution is 7.42. The highest BCUT2D eigenvalue weighted by Gasteiger charge is 2.09. The van der Waals surface area contributed by atoms with E-state index in [2.05, 4.69) is 44.8 Å². The van der Waals surface area contributed by atoms with Gasteiger partial charge in [0.25, 0.3) is 5.56 Å². The number of rotatable bonds is 6. The van der Waals surface area contributed by atoms with Crippen molar-refractivity contribution in [3.05, 3.63) is 97.9 Å². The smallest absolute Gasteiger partial charge is 0.314 e. The van der Waals surface area contributed by atoms with Crippen LogP contribution in [0.25, 0.3) is 5.57 Å². The first-order valence-corrected chi connectivity index (χ1v) is 11.9. The quantitative estimate of drug-likeness (QED) is 0.210. The molecule has 6 heteroatoms. The van der Waals surface area contributed by atoms with Crippen LogP contribution < -0.4 is 11.2 Å². The normalized spacial score (nSPS) is 11.9. The Morgan fingerprint density at radius 3 is 2.12 bits per heavy atom. The molecule has 0 aliphatic heterocycles. The van der Waals surface area contributed by atoms with Gasteiger partial charge in [0.2, 0.25) is 0 Å². The summed E-state index contributed by atoms with van der Waals surface area (Å²) in [5.74, 6) is 0. The Morgan fingerprint density at radius 2 is 1.67 bits per heavy atom. The summed E-state index contributed by atoms with van der Waals surface area (Å²) in [6.45, 7) is 19.7. The fourth-order valence-corrected chi connectivity index (χ4v) is 3.15. The molecule has 0 bridgehead atoms. The standard InChI is InChI=1S/C20H24N3O2P.C5H10.C2H6/c1-12(2)16(10-13(3)17-11-21-20(25)23-18(17)24)19(26)22-14(4)15-8-6-5-7-9-15;1-4-5(2)3;1-2/h5-11,14H,26H2,1-4H3,(H2,21,23,24,25);2,4H2,1,3H3;1-2H3/b13-10+,22-19?;;. The SMILES string of the molecule is C=C(C)CC.CC.CC(C)=C(/C=C(\C)c1c[nH]c(=O)[nH]c1=O)C(P)=NC(C)c1ccccc1. The van der Waals surface area contributed by atoms with E-state index in [1.165, 1.54) is 11.8 Å². The molecule has 0 fully saturated rings. The lowest BCUT2D eigenvalue weighted by molar-refractivity contribution is 0.823. The van der Waals surface area contributed by atoms with Gasteiger partial charge in [0.15, 0.2) is 0 Å². The third-order valence-electron chi connectivity index (χ3n) is 4.64. The molecule has 0 radical (unpaired) electrons. The van der Waals surface area contributed by atoms with Gasteiger partial charge < -0.3 is 4.98 Å². The zero-order valence-corrected chi connectivity index (χ0v) is 22.5. The molecule has 1 aromatic carbocycles. The molecule has 2 unspecified atom stereocenters. The second kappa shape index (κ2) is 15.9. The number of hydrogen-bond donors (Lipinski definition) is 2. The van der Waals surface area contributed by atoms with Crippen molar-refractivity contribution in [2.75, 3.05) is 0 Å². The largest absolute Gasteiger partial charge is 0.325 e. The van der Waals surface area contributed by atoms with E-state index < -0.39 is 11.2 Å². The predicted molar refractivity (Wildman–Crippen MR) is 148 cm³/mol. The van der Waals surface area contributed by atoms with Crippen molar-refractivity contribution in [3.8, 4) is 0 Å². The highest BCUT2D eigenvalue weighted by Crippen LogP contribution is 2.23. The molecule has 0 saturated carbocycles. The van der Waals surface area contributed by atoms with Crippen molar-refractivity contribution in [2.45, 2.75) is 67.9 Å². The van der Waals surface area contributed by atoms with Crippen molar-refractivity contribution in [2.24, 2.45) is 4.99 Å². The Bertz CT molecular complexity index is 1090. The van der Waals surface area contributed by atoms with Crippen LogP contribution in [0.1, 0.15) is 79.0 Å². The third-order valence-corrected chi connectivity index (χ3v) is 5.10. The Hall–Kier alpha value is -2.78. The lowest BCUT2D eigenvalue weighted by Gasteiger charge is -2.12. The van der Waals surface area contributed by atoms with Gasteiger partial charge in [0, 0.05) is 6.20 Å². The van der Waals surface area contributed by atoms with E-state index in [0.29, 0.717) is 5.56 Å². The van der Waals surface area contributed by atoms with E-state index in [1.807, 2.05) is 72.7 Å². The Balaban J connectivity index is 0.00000129. The van der Waals surface area contributed by atoms with Gasteiger partial charge in [-0.2, -0.15) is 0 Å². The minimum Gasteiger partial charge on any atom is -0.314 e. The molecular formula is C27H40N3O2P. The number of H-pyrrole nitrogens is 2.